The smallest absolute Gasteiger partial charge is 0.339 e. The van der Waals surface area contributed by atoms with E-state index in [1.54, 1.807) is 25.3 Å². The maximum Gasteiger partial charge on any atom is 0.339 e. The number of aliphatic hydroxyl groups is 1. The second kappa shape index (κ2) is 4.77. The predicted octanol–water partition coefficient (Wildman–Crippen LogP) is 2.42. The van der Waals surface area contributed by atoms with E-state index in [0.717, 1.165) is 10.9 Å². The fourth-order valence-electron chi connectivity index (χ4n) is 1.65. The zero-order valence-electron chi connectivity index (χ0n) is 9.24. The predicted molar refractivity (Wildman–Crippen MR) is 64.9 cm³/mol. The van der Waals surface area contributed by atoms with Crippen LogP contribution in [0.2, 0.25) is 5.02 Å². The number of aliphatic hydroxyl groups excluding tert-OH is 1. The van der Waals surface area contributed by atoms with Crippen molar-refractivity contribution in [3.05, 3.63) is 35.0 Å². The van der Waals surface area contributed by atoms with E-state index in [9.17, 15) is 9.90 Å². The lowest BCUT2D eigenvalue weighted by atomic mass is 10.1. The Bertz CT molecular complexity index is 550. The zero-order valence-corrected chi connectivity index (χ0v) is 9.99. The molecule has 2 N–H and O–H groups in total. The number of nitrogens with one attached hydrogen (secondary N) is 1. The number of hydrogen-bond acceptors (Lipinski definition) is 3. The molecule has 0 amide bonds. The summed E-state index contributed by atoms with van der Waals surface area (Å²) < 4.78 is 4.75. The van der Waals surface area contributed by atoms with E-state index in [1.165, 1.54) is 0 Å². The molecular weight excluding hydrogens is 242 g/mol. The number of carbonyl (C=O) groups excluding carboxylic acids is 1. The molecule has 90 valence electrons. The van der Waals surface area contributed by atoms with E-state index in [-0.39, 0.29) is 6.61 Å². The Kier molecular flexibility index (Phi) is 3.36. The highest BCUT2D eigenvalue weighted by Crippen LogP contribution is 2.28. The Labute approximate surface area is 103 Å². The summed E-state index contributed by atoms with van der Waals surface area (Å²) in [6.45, 7) is 1.90. The van der Waals surface area contributed by atoms with Crippen LogP contribution in [0, 0.1) is 0 Å². The molecule has 0 aliphatic rings. The maximum atomic E-state index is 11.4. The van der Waals surface area contributed by atoms with Gasteiger partial charge in [-0.2, -0.15) is 0 Å². The van der Waals surface area contributed by atoms with Gasteiger partial charge >= 0.3 is 5.97 Å². The van der Waals surface area contributed by atoms with Crippen molar-refractivity contribution in [2.45, 2.75) is 13.0 Å². The van der Waals surface area contributed by atoms with Gasteiger partial charge in [-0.05, 0) is 25.1 Å². The quantitative estimate of drug-likeness (QED) is 0.826. The Morgan fingerprint density at radius 2 is 2.35 bits per heavy atom. The summed E-state index contributed by atoms with van der Waals surface area (Å²) in [6.07, 6.45) is 0.414. The summed E-state index contributed by atoms with van der Waals surface area (Å²) in [5, 5.41) is 11.1. The molecule has 2 aromatic rings. The fraction of sp³-hybridized carbons (Fsp3) is 0.250. The number of H-pyrrole nitrogens is 1. The summed E-state index contributed by atoms with van der Waals surface area (Å²) in [7, 11) is 0. The molecule has 0 bridgehead atoms. The van der Waals surface area contributed by atoms with Gasteiger partial charge in [-0.25, -0.2) is 4.79 Å². The van der Waals surface area contributed by atoms with E-state index in [2.05, 4.69) is 4.98 Å². The topological polar surface area (TPSA) is 62.3 Å². The number of carbonyl (C=O) groups is 1. The van der Waals surface area contributed by atoms with Crippen LogP contribution in [0.15, 0.2) is 24.4 Å². The summed E-state index contributed by atoms with van der Waals surface area (Å²) in [6, 6.07) is 5.21. The molecule has 2 rings (SSSR count). The van der Waals surface area contributed by atoms with Crippen LogP contribution in [-0.2, 0) is 9.53 Å². The minimum atomic E-state index is -1.35. The number of benzene rings is 1. The number of aromatic amines is 1. The van der Waals surface area contributed by atoms with Crippen LogP contribution < -0.4 is 0 Å². The Morgan fingerprint density at radius 1 is 1.59 bits per heavy atom. The molecule has 0 saturated heterocycles. The first-order chi connectivity index (χ1) is 8.13. The number of aromatic nitrogens is 1. The highest BCUT2D eigenvalue weighted by molar-refractivity contribution is 6.32. The maximum absolute atomic E-state index is 11.4. The van der Waals surface area contributed by atoms with Gasteiger partial charge < -0.3 is 14.8 Å². The summed E-state index contributed by atoms with van der Waals surface area (Å²) >= 11 is 6.02. The fourth-order valence-corrected chi connectivity index (χ4v) is 1.92. The molecule has 4 nitrogen and oxygen atoms in total. The van der Waals surface area contributed by atoms with Crippen LogP contribution in [0.1, 0.15) is 18.6 Å². The van der Waals surface area contributed by atoms with E-state index < -0.39 is 12.1 Å². The molecule has 0 fully saturated rings. The normalized spacial score (nSPS) is 12.6. The molecule has 1 atom stereocenters. The molecule has 0 spiro atoms. The SMILES string of the molecule is CCOC(=O)C(O)c1cc2[nH]ccc2cc1Cl. The molecule has 1 aromatic carbocycles. The van der Waals surface area contributed by atoms with E-state index in [0.29, 0.717) is 10.6 Å². The first-order valence-electron chi connectivity index (χ1n) is 5.24. The molecule has 0 aliphatic heterocycles. The molecule has 1 aromatic heterocycles. The third-order valence-corrected chi connectivity index (χ3v) is 2.80. The van der Waals surface area contributed by atoms with Gasteiger partial charge in [-0.15, -0.1) is 0 Å². The monoisotopic (exact) mass is 253 g/mol. The zero-order chi connectivity index (χ0) is 12.4. The average molecular weight is 254 g/mol. The van der Waals surface area contributed by atoms with Gasteiger partial charge in [0.2, 0.25) is 0 Å². The minimum absolute atomic E-state index is 0.220. The van der Waals surface area contributed by atoms with Gasteiger partial charge in [-0.1, -0.05) is 11.6 Å². The molecule has 1 heterocycles. The van der Waals surface area contributed by atoms with Crippen LogP contribution in [0.5, 0.6) is 0 Å². The van der Waals surface area contributed by atoms with Crippen molar-refractivity contribution < 1.29 is 14.6 Å². The van der Waals surface area contributed by atoms with Crippen LogP contribution in [0.25, 0.3) is 10.9 Å². The van der Waals surface area contributed by atoms with E-state index in [1.807, 2.05) is 6.07 Å². The lowest BCUT2D eigenvalue weighted by Crippen LogP contribution is -2.15. The number of fused-ring (bicyclic) bond motifs is 1. The van der Waals surface area contributed by atoms with E-state index >= 15 is 0 Å². The van der Waals surface area contributed by atoms with Crippen molar-refractivity contribution in [1.82, 2.24) is 4.98 Å². The van der Waals surface area contributed by atoms with Gasteiger partial charge in [0.15, 0.2) is 6.10 Å². The number of halogens is 1. The lowest BCUT2D eigenvalue weighted by molar-refractivity contribution is -0.153. The van der Waals surface area contributed by atoms with Gasteiger partial charge in [0.25, 0.3) is 0 Å². The standard InChI is InChI=1S/C12H12ClNO3/c1-2-17-12(16)11(15)8-6-10-7(3-4-14-10)5-9(8)13/h3-6,11,14-15H,2H2,1H3. The molecule has 17 heavy (non-hydrogen) atoms. The second-order valence-electron chi connectivity index (χ2n) is 3.59. The Morgan fingerprint density at radius 3 is 3.06 bits per heavy atom. The molecule has 0 aliphatic carbocycles. The molecule has 0 saturated carbocycles. The summed E-state index contributed by atoms with van der Waals surface area (Å²) in [5.74, 6) is -0.694. The van der Waals surface area contributed by atoms with Gasteiger partial charge in [0.05, 0.1) is 6.61 Å². The van der Waals surface area contributed by atoms with Crippen molar-refractivity contribution in [3.8, 4) is 0 Å². The highest BCUT2D eigenvalue weighted by Gasteiger charge is 2.21. The van der Waals surface area contributed by atoms with Crippen molar-refractivity contribution in [2.75, 3.05) is 6.61 Å². The van der Waals surface area contributed by atoms with Crippen LogP contribution >= 0.6 is 11.6 Å². The molecule has 0 radical (unpaired) electrons. The van der Waals surface area contributed by atoms with Crippen molar-refractivity contribution in [1.29, 1.82) is 0 Å². The molecule has 1 unspecified atom stereocenters. The van der Waals surface area contributed by atoms with Gasteiger partial charge in [0, 0.05) is 27.7 Å². The average Bonchev–Trinajstić information content (AvgIpc) is 2.74. The lowest BCUT2D eigenvalue weighted by Gasteiger charge is -2.11. The number of ether oxygens (including phenoxy) is 1. The van der Waals surface area contributed by atoms with Crippen molar-refractivity contribution >= 4 is 28.5 Å². The Balaban J connectivity index is 2.39. The number of esters is 1. The molecular formula is C12H12ClNO3. The first-order valence-corrected chi connectivity index (χ1v) is 5.62. The van der Waals surface area contributed by atoms with Gasteiger partial charge in [-0.3, -0.25) is 0 Å². The molecule has 5 heteroatoms. The highest BCUT2D eigenvalue weighted by atomic mass is 35.5. The largest absolute Gasteiger partial charge is 0.464 e. The minimum Gasteiger partial charge on any atom is -0.464 e. The summed E-state index contributed by atoms with van der Waals surface area (Å²) in [4.78, 5) is 14.4. The number of hydrogen-bond donors (Lipinski definition) is 2. The van der Waals surface area contributed by atoms with Gasteiger partial charge in [0.1, 0.15) is 0 Å². The van der Waals surface area contributed by atoms with Crippen LogP contribution in [-0.4, -0.2) is 22.7 Å². The van der Waals surface area contributed by atoms with E-state index in [4.69, 9.17) is 16.3 Å². The first kappa shape index (κ1) is 12.0. The third kappa shape index (κ3) is 2.28. The number of rotatable bonds is 3. The Hall–Kier alpha value is -1.52. The van der Waals surface area contributed by atoms with Crippen LogP contribution in [0.3, 0.4) is 0 Å². The van der Waals surface area contributed by atoms with Crippen molar-refractivity contribution in [3.63, 3.8) is 0 Å². The van der Waals surface area contributed by atoms with Crippen molar-refractivity contribution in [2.24, 2.45) is 0 Å². The second-order valence-corrected chi connectivity index (χ2v) is 4.00. The third-order valence-electron chi connectivity index (χ3n) is 2.48. The van der Waals surface area contributed by atoms with Crippen LogP contribution in [0.4, 0.5) is 0 Å². The summed E-state index contributed by atoms with van der Waals surface area (Å²) in [5.41, 5.74) is 1.16.